The van der Waals surface area contributed by atoms with E-state index in [-0.39, 0.29) is 17.4 Å². The summed E-state index contributed by atoms with van der Waals surface area (Å²) < 4.78 is 1.70. The lowest BCUT2D eigenvalue weighted by Crippen LogP contribution is -2.35. The molecule has 0 saturated heterocycles. The number of rotatable bonds is 4. The third kappa shape index (κ3) is 3.10. The van der Waals surface area contributed by atoms with E-state index in [2.05, 4.69) is 26.3 Å². The van der Waals surface area contributed by atoms with Crippen molar-refractivity contribution in [3.05, 3.63) is 21.0 Å². The lowest BCUT2D eigenvalue weighted by Gasteiger charge is -2.23. The third-order valence-electron chi connectivity index (χ3n) is 2.71. The maximum Gasteiger partial charge on any atom is 0.282 e. The van der Waals surface area contributed by atoms with Gasteiger partial charge in [0.15, 0.2) is 0 Å². The number of hydrogen-bond acceptors (Lipinski definition) is 4. The largest absolute Gasteiger partial charge is 0.371 e. The molecule has 0 unspecified atom stereocenters. The van der Waals surface area contributed by atoms with Crippen LogP contribution in [-0.4, -0.2) is 36.3 Å². The molecule has 100 valence electrons. The number of aryl methyl sites for hydroxylation is 1. The maximum absolute atomic E-state index is 11.7. The second kappa shape index (κ2) is 5.99. The highest BCUT2D eigenvalue weighted by Gasteiger charge is 2.17. The van der Waals surface area contributed by atoms with Crippen LogP contribution in [0.3, 0.4) is 0 Å². The summed E-state index contributed by atoms with van der Waals surface area (Å²) in [5.74, 6) is -0.203. The lowest BCUT2D eigenvalue weighted by molar-refractivity contribution is -0.123. The van der Waals surface area contributed by atoms with Crippen LogP contribution in [0.2, 0.25) is 0 Å². The van der Waals surface area contributed by atoms with Gasteiger partial charge in [-0.25, -0.2) is 4.68 Å². The first-order chi connectivity index (χ1) is 8.38. The van der Waals surface area contributed by atoms with E-state index in [0.29, 0.717) is 16.7 Å². The molecule has 1 amide bonds. The van der Waals surface area contributed by atoms with E-state index in [9.17, 15) is 9.59 Å². The average Bonchev–Trinajstić information content (AvgIpc) is 2.34. The number of amides is 1. The zero-order valence-electron chi connectivity index (χ0n) is 10.9. The van der Waals surface area contributed by atoms with E-state index in [1.165, 1.54) is 4.68 Å². The quantitative estimate of drug-likeness (QED) is 0.871. The molecule has 1 aromatic rings. The minimum atomic E-state index is -0.202. The summed E-state index contributed by atoms with van der Waals surface area (Å²) in [6.07, 6.45) is 1.60. The Balaban J connectivity index is 2.92. The summed E-state index contributed by atoms with van der Waals surface area (Å²) in [5, 5.41) is 6.56. The van der Waals surface area contributed by atoms with Crippen molar-refractivity contribution in [2.24, 2.45) is 13.0 Å². The smallest absolute Gasteiger partial charge is 0.282 e. The van der Waals surface area contributed by atoms with Crippen LogP contribution in [0.15, 0.2) is 15.5 Å². The van der Waals surface area contributed by atoms with Gasteiger partial charge in [-0.3, -0.25) is 9.59 Å². The summed E-state index contributed by atoms with van der Waals surface area (Å²) in [6, 6.07) is 0. The molecule has 0 fully saturated rings. The second-order valence-corrected chi connectivity index (χ2v) is 4.96. The van der Waals surface area contributed by atoms with Crippen molar-refractivity contribution in [2.75, 3.05) is 25.5 Å². The van der Waals surface area contributed by atoms with Crippen molar-refractivity contribution in [1.82, 2.24) is 15.1 Å². The zero-order chi connectivity index (χ0) is 13.9. The molecule has 0 spiro atoms. The van der Waals surface area contributed by atoms with Crippen LogP contribution >= 0.6 is 15.9 Å². The number of halogens is 1. The van der Waals surface area contributed by atoms with Crippen molar-refractivity contribution in [3.63, 3.8) is 0 Å². The van der Waals surface area contributed by atoms with Crippen LogP contribution < -0.4 is 15.8 Å². The van der Waals surface area contributed by atoms with Gasteiger partial charge in [0.2, 0.25) is 5.91 Å². The molecule has 1 N–H and O–H groups in total. The predicted molar refractivity (Wildman–Crippen MR) is 73.7 cm³/mol. The fourth-order valence-corrected chi connectivity index (χ4v) is 2.27. The average molecular weight is 317 g/mol. The van der Waals surface area contributed by atoms with Gasteiger partial charge in [0, 0.05) is 27.7 Å². The molecule has 0 bridgehead atoms. The van der Waals surface area contributed by atoms with Gasteiger partial charge in [-0.2, -0.15) is 5.10 Å². The van der Waals surface area contributed by atoms with Crippen LogP contribution in [0.1, 0.15) is 6.92 Å². The van der Waals surface area contributed by atoms with Gasteiger partial charge in [0.05, 0.1) is 17.8 Å². The van der Waals surface area contributed by atoms with Crippen molar-refractivity contribution in [1.29, 1.82) is 0 Å². The summed E-state index contributed by atoms with van der Waals surface area (Å²) in [4.78, 5) is 25.0. The monoisotopic (exact) mass is 316 g/mol. The highest BCUT2D eigenvalue weighted by Crippen LogP contribution is 2.20. The molecule has 6 nitrogen and oxygen atoms in total. The molecule has 0 aromatic carbocycles. The molecule has 0 aliphatic carbocycles. The number of nitrogens with zero attached hydrogens (tertiary/aromatic N) is 3. The second-order valence-electron chi connectivity index (χ2n) is 4.17. The molecule has 1 heterocycles. The molecule has 1 atom stereocenters. The van der Waals surface area contributed by atoms with Gasteiger partial charge in [-0.05, 0) is 15.9 Å². The topological polar surface area (TPSA) is 67.2 Å². The Bertz CT molecular complexity index is 500. The molecule has 0 radical (unpaired) electrons. The maximum atomic E-state index is 11.7. The number of hydrogen-bond donors (Lipinski definition) is 1. The SMILES string of the molecule is CNC(=O)[C@H](C)CN(C)c1cnn(C)c(=O)c1Br. The minimum Gasteiger partial charge on any atom is -0.371 e. The molecule has 7 heteroatoms. The highest BCUT2D eigenvalue weighted by molar-refractivity contribution is 9.10. The van der Waals surface area contributed by atoms with E-state index in [1.807, 2.05) is 18.9 Å². The number of aromatic nitrogens is 2. The molecule has 0 saturated carbocycles. The van der Waals surface area contributed by atoms with E-state index < -0.39 is 0 Å². The van der Waals surface area contributed by atoms with Crippen molar-refractivity contribution >= 4 is 27.5 Å². The van der Waals surface area contributed by atoms with Gasteiger partial charge < -0.3 is 10.2 Å². The lowest BCUT2D eigenvalue weighted by atomic mass is 10.1. The van der Waals surface area contributed by atoms with Gasteiger partial charge in [0.1, 0.15) is 4.47 Å². The van der Waals surface area contributed by atoms with Crippen molar-refractivity contribution < 1.29 is 4.79 Å². The summed E-state index contributed by atoms with van der Waals surface area (Å²) in [5.41, 5.74) is 0.473. The first-order valence-corrected chi connectivity index (χ1v) is 6.32. The molecule has 18 heavy (non-hydrogen) atoms. The van der Waals surface area contributed by atoms with Crippen molar-refractivity contribution in [3.8, 4) is 0 Å². The first kappa shape index (κ1) is 14.7. The van der Waals surface area contributed by atoms with E-state index >= 15 is 0 Å². The van der Waals surface area contributed by atoms with Gasteiger partial charge in [0.25, 0.3) is 5.56 Å². The van der Waals surface area contributed by atoms with Crippen LogP contribution in [0.4, 0.5) is 5.69 Å². The Kier molecular flexibility index (Phi) is 4.89. The molecule has 1 aromatic heterocycles. The molecule has 0 aliphatic rings. The third-order valence-corrected chi connectivity index (χ3v) is 3.46. The van der Waals surface area contributed by atoms with Crippen LogP contribution in [0.5, 0.6) is 0 Å². The molecule has 1 rings (SSSR count). The fourth-order valence-electron chi connectivity index (χ4n) is 1.61. The predicted octanol–water partition coefficient (Wildman–Crippen LogP) is 0.361. The van der Waals surface area contributed by atoms with Crippen LogP contribution in [0.25, 0.3) is 0 Å². The fraction of sp³-hybridized carbons (Fsp3) is 0.545. The molecule has 0 aliphatic heterocycles. The Labute approximate surface area is 114 Å². The van der Waals surface area contributed by atoms with Crippen LogP contribution in [0, 0.1) is 5.92 Å². The summed E-state index contributed by atoms with van der Waals surface area (Å²) in [7, 11) is 5.01. The number of carbonyl (C=O) groups is 1. The number of carbonyl (C=O) groups excluding carboxylic acids is 1. The first-order valence-electron chi connectivity index (χ1n) is 5.53. The van der Waals surface area contributed by atoms with E-state index in [4.69, 9.17) is 0 Å². The van der Waals surface area contributed by atoms with E-state index in [0.717, 1.165) is 0 Å². The van der Waals surface area contributed by atoms with Gasteiger partial charge in [-0.15, -0.1) is 0 Å². The Hall–Kier alpha value is -1.37. The number of nitrogens with one attached hydrogen (secondary N) is 1. The van der Waals surface area contributed by atoms with Crippen molar-refractivity contribution in [2.45, 2.75) is 6.92 Å². The summed E-state index contributed by atoms with van der Waals surface area (Å²) in [6.45, 7) is 2.34. The summed E-state index contributed by atoms with van der Waals surface area (Å²) >= 11 is 3.26. The van der Waals surface area contributed by atoms with Crippen LogP contribution in [-0.2, 0) is 11.8 Å². The zero-order valence-corrected chi connectivity index (χ0v) is 12.5. The minimum absolute atomic E-state index is 0.0326. The normalized spacial score (nSPS) is 12.1. The van der Waals surface area contributed by atoms with E-state index in [1.54, 1.807) is 20.3 Å². The Morgan fingerprint density at radius 1 is 1.67 bits per heavy atom. The molecular formula is C11H17BrN4O2. The Morgan fingerprint density at radius 2 is 2.28 bits per heavy atom. The highest BCUT2D eigenvalue weighted by atomic mass is 79.9. The Morgan fingerprint density at radius 3 is 2.83 bits per heavy atom. The van der Waals surface area contributed by atoms with Gasteiger partial charge in [-0.1, -0.05) is 6.92 Å². The standard InChI is InChI=1S/C11H17BrN4O2/c1-7(10(17)13-2)6-15(3)8-5-14-16(4)11(18)9(8)12/h5,7H,6H2,1-4H3,(H,13,17)/t7-/m1/s1. The molecular weight excluding hydrogens is 300 g/mol. The van der Waals surface area contributed by atoms with Gasteiger partial charge >= 0.3 is 0 Å². The number of anilines is 1.